The van der Waals surface area contributed by atoms with E-state index in [1.54, 1.807) is 0 Å². The highest BCUT2D eigenvalue weighted by molar-refractivity contribution is 7.13. The fraction of sp³-hybridized carbons (Fsp3) is 0.143. The molecule has 23 heavy (non-hydrogen) atoms. The van der Waals surface area contributed by atoms with Crippen molar-refractivity contribution in [2.45, 2.75) is 6.54 Å². The smallest absolute Gasteiger partial charge is 0.214 e. The zero-order chi connectivity index (χ0) is 16.4. The van der Waals surface area contributed by atoms with Gasteiger partial charge in [0.15, 0.2) is 5.78 Å². The zero-order valence-corrected chi connectivity index (χ0v) is 12.4. The lowest BCUT2D eigenvalue weighted by molar-refractivity contribution is 0.0902. The molecule has 0 atom stereocenters. The number of hydrogen-bond acceptors (Lipinski definition) is 6. The van der Waals surface area contributed by atoms with Crippen LogP contribution < -0.4 is 0 Å². The third-order valence-corrected chi connectivity index (χ3v) is 3.97. The van der Waals surface area contributed by atoms with Gasteiger partial charge < -0.3 is 5.11 Å². The maximum absolute atomic E-state index is 14.0. The first-order chi connectivity index (χ1) is 11.1. The molecule has 0 aliphatic rings. The van der Waals surface area contributed by atoms with E-state index in [2.05, 4.69) is 15.4 Å². The van der Waals surface area contributed by atoms with Gasteiger partial charge in [0.1, 0.15) is 18.2 Å². The average Bonchev–Trinajstić information content (AvgIpc) is 3.20. The first-order valence-corrected chi connectivity index (χ1v) is 7.40. The van der Waals surface area contributed by atoms with Gasteiger partial charge in [0, 0.05) is 11.1 Å². The zero-order valence-electron chi connectivity index (χ0n) is 11.6. The molecule has 3 aromatic rings. The lowest BCUT2D eigenvalue weighted by Gasteiger charge is -2.06. The number of Topliss-reactive ketones (excluding diaryl/α,β-unsaturated/α-hetero) is 1. The maximum atomic E-state index is 14.0. The van der Waals surface area contributed by atoms with Crippen molar-refractivity contribution in [1.82, 2.24) is 20.2 Å². The molecule has 2 heterocycles. The van der Waals surface area contributed by atoms with E-state index in [-0.39, 0.29) is 17.7 Å². The molecule has 0 aliphatic heterocycles. The van der Waals surface area contributed by atoms with Crippen LogP contribution in [-0.4, -0.2) is 37.7 Å². The van der Waals surface area contributed by atoms with E-state index in [1.165, 1.54) is 11.3 Å². The second-order valence-corrected chi connectivity index (χ2v) is 5.57. The Kier molecular flexibility index (Phi) is 4.22. The Bertz CT molecular complexity index is 825. The number of carbonyl (C=O) groups excluding carboxylic acids is 1. The number of thiophene rings is 1. The van der Waals surface area contributed by atoms with Crippen LogP contribution in [0.1, 0.15) is 15.9 Å². The van der Waals surface area contributed by atoms with Gasteiger partial charge in [0.25, 0.3) is 0 Å². The number of aliphatic hydroxyl groups excluding tert-OH is 1. The van der Waals surface area contributed by atoms with Gasteiger partial charge in [0.2, 0.25) is 5.82 Å². The maximum Gasteiger partial charge on any atom is 0.214 e. The van der Waals surface area contributed by atoms with Crippen molar-refractivity contribution in [2.24, 2.45) is 0 Å². The monoisotopic (exact) mass is 336 g/mol. The summed E-state index contributed by atoms with van der Waals surface area (Å²) >= 11 is 1.42. The summed E-state index contributed by atoms with van der Waals surface area (Å²) < 4.78 is 28.0. The molecule has 0 saturated carbocycles. The van der Waals surface area contributed by atoms with Gasteiger partial charge in [-0.3, -0.25) is 4.79 Å². The van der Waals surface area contributed by atoms with Gasteiger partial charge in [-0.25, -0.2) is 8.78 Å². The van der Waals surface area contributed by atoms with Crippen LogP contribution in [0.25, 0.3) is 10.7 Å². The Labute approximate surface area is 133 Å². The van der Waals surface area contributed by atoms with Crippen molar-refractivity contribution in [3.05, 3.63) is 52.4 Å². The highest BCUT2D eigenvalue weighted by Crippen LogP contribution is 2.20. The predicted octanol–water partition coefficient (Wildman–Crippen LogP) is 1.90. The normalized spacial score (nSPS) is 10.9. The molecule has 3 rings (SSSR count). The number of aliphatic hydroxyl groups is 1. The number of ketones is 1. The van der Waals surface area contributed by atoms with Crippen LogP contribution in [0, 0.1) is 11.6 Å². The Hall–Kier alpha value is -2.52. The van der Waals surface area contributed by atoms with E-state index in [1.807, 2.05) is 17.5 Å². The van der Waals surface area contributed by atoms with Gasteiger partial charge in [-0.2, -0.15) is 4.80 Å². The number of tetrazole rings is 1. The summed E-state index contributed by atoms with van der Waals surface area (Å²) in [7, 11) is 0. The Morgan fingerprint density at radius 1 is 1.30 bits per heavy atom. The molecule has 0 amide bonds. The second kappa shape index (κ2) is 6.31. The first-order valence-electron chi connectivity index (χ1n) is 6.52. The van der Waals surface area contributed by atoms with Crippen LogP contribution >= 0.6 is 11.3 Å². The van der Waals surface area contributed by atoms with Gasteiger partial charge in [0.05, 0.1) is 11.4 Å². The molecule has 118 valence electrons. The van der Waals surface area contributed by atoms with Crippen molar-refractivity contribution in [1.29, 1.82) is 0 Å². The number of carbonyl (C=O) groups is 1. The molecule has 0 spiro atoms. The molecule has 0 fully saturated rings. The SMILES string of the molecule is O=C(CO)c1cc(F)c(Cn2nnc(-c3cccs3)n2)c(F)c1. The summed E-state index contributed by atoms with van der Waals surface area (Å²) in [6.07, 6.45) is 0. The topological polar surface area (TPSA) is 80.9 Å². The van der Waals surface area contributed by atoms with Gasteiger partial charge in [-0.05, 0) is 28.8 Å². The molecule has 0 aliphatic carbocycles. The summed E-state index contributed by atoms with van der Waals surface area (Å²) in [4.78, 5) is 13.2. The number of hydrogen-bond donors (Lipinski definition) is 1. The van der Waals surface area contributed by atoms with Crippen LogP contribution in [0.15, 0.2) is 29.6 Å². The third kappa shape index (κ3) is 3.15. The summed E-state index contributed by atoms with van der Waals surface area (Å²) in [5.41, 5.74) is -0.508. The van der Waals surface area contributed by atoms with Crippen molar-refractivity contribution in [3.8, 4) is 10.7 Å². The van der Waals surface area contributed by atoms with Crippen LogP contribution in [0.5, 0.6) is 0 Å². The second-order valence-electron chi connectivity index (χ2n) is 4.62. The molecule has 0 radical (unpaired) electrons. The largest absolute Gasteiger partial charge is 0.388 e. The average molecular weight is 336 g/mol. The molecular weight excluding hydrogens is 326 g/mol. The number of benzene rings is 1. The fourth-order valence-electron chi connectivity index (χ4n) is 1.96. The predicted molar refractivity (Wildman–Crippen MR) is 78.0 cm³/mol. The molecule has 1 aromatic carbocycles. The summed E-state index contributed by atoms with van der Waals surface area (Å²) in [6.45, 7) is -1.07. The van der Waals surface area contributed by atoms with E-state index in [9.17, 15) is 13.6 Å². The van der Waals surface area contributed by atoms with Crippen LogP contribution in [-0.2, 0) is 6.54 Å². The highest BCUT2D eigenvalue weighted by atomic mass is 32.1. The Morgan fingerprint density at radius 2 is 2.04 bits per heavy atom. The number of aromatic nitrogens is 4. The lowest BCUT2D eigenvalue weighted by atomic mass is 10.1. The van der Waals surface area contributed by atoms with E-state index in [0.29, 0.717) is 5.82 Å². The summed E-state index contributed by atoms with van der Waals surface area (Å²) in [5.74, 6) is -2.20. The van der Waals surface area contributed by atoms with E-state index >= 15 is 0 Å². The number of rotatable bonds is 5. The summed E-state index contributed by atoms with van der Waals surface area (Å²) in [6, 6.07) is 5.40. The van der Waals surface area contributed by atoms with Gasteiger partial charge >= 0.3 is 0 Å². The molecule has 0 saturated heterocycles. The van der Waals surface area contributed by atoms with Crippen molar-refractivity contribution in [2.75, 3.05) is 6.61 Å². The van der Waals surface area contributed by atoms with Crippen LogP contribution in [0.3, 0.4) is 0 Å². The van der Waals surface area contributed by atoms with E-state index in [0.717, 1.165) is 21.8 Å². The molecule has 6 nitrogen and oxygen atoms in total. The third-order valence-electron chi connectivity index (χ3n) is 3.10. The van der Waals surface area contributed by atoms with E-state index < -0.39 is 24.0 Å². The number of halogens is 2. The molecule has 0 unspecified atom stereocenters. The minimum atomic E-state index is -0.906. The van der Waals surface area contributed by atoms with Crippen LogP contribution in [0.4, 0.5) is 8.78 Å². The minimum Gasteiger partial charge on any atom is -0.388 e. The fourth-order valence-corrected chi connectivity index (χ4v) is 2.61. The summed E-state index contributed by atoms with van der Waals surface area (Å²) in [5, 5.41) is 22.3. The van der Waals surface area contributed by atoms with Gasteiger partial charge in [-0.15, -0.1) is 21.5 Å². The molecule has 2 aromatic heterocycles. The standard InChI is InChI=1S/C14H10F2N4O2S/c15-10-4-8(12(22)7-21)5-11(16)9(10)6-20-18-14(17-19-20)13-2-1-3-23-13/h1-5,21H,6-7H2. The van der Waals surface area contributed by atoms with Crippen molar-refractivity contribution < 1.29 is 18.7 Å². The quantitative estimate of drug-likeness (QED) is 0.720. The number of nitrogens with zero attached hydrogens (tertiary/aromatic N) is 4. The molecule has 0 bridgehead atoms. The van der Waals surface area contributed by atoms with Crippen LogP contribution in [0.2, 0.25) is 0 Å². The minimum absolute atomic E-state index is 0.225. The van der Waals surface area contributed by atoms with Crippen molar-refractivity contribution in [3.63, 3.8) is 0 Å². The molecule has 9 heteroatoms. The lowest BCUT2D eigenvalue weighted by Crippen LogP contribution is -2.11. The Balaban J connectivity index is 1.87. The molecular formula is C14H10F2N4O2S. The van der Waals surface area contributed by atoms with Gasteiger partial charge in [-0.1, -0.05) is 6.07 Å². The first kappa shape index (κ1) is 15.4. The Morgan fingerprint density at radius 3 is 2.65 bits per heavy atom. The van der Waals surface area contributed by atoms with E-state index in [4.69, 9.17) is 5.11 Å². The molecule has 1 N–H and O–H groups in total. The highest BCUT2D eigenvalue weighted by Gasteiger charge is 2.17. The van der Waals surface area contributed by atoms with Crippen molar-refractivity contribution >= 4 is 17.1 Å².